The van der Waals surface area contributed by atoms with Gasteiger partial charge in [0.05, 0.1) is 0 Å². The Bertz CT molecular complexity index is 975. The maximum Gasteiger partial charge on any atom is 0.188 e. The summed E-state index contributed by atoms with van der Waals surface area (Å²) in [7, 11) is -3.17. The number of aryl methyl sites for hydroxylation is 3. The van der Waals surface area contributed by atoms with E-state index in [-0.39, 0.29) is 11.4 Å². The molecular weight excluding hydrogens is 424 g/mol. The van der Waals surface area contributed by atoms with E-state index in [1.54, 1.807) is 0 Å². The molecule has 2 aromatic rings. The van der Waals surface area contributed by atoms with Crippen LogP contribution in [0.5, 0.6) is 5.75 Å². The van der Waals surface area contributed by atoms with Gasteiger partial charge in [-0.05, 0) is 80.2 Å². The van der Waals surface area contributed by atoms with Crippen molar-refractivity contribution in [2.24, 2.45) is 5.41 Å². The number of hydrogen-bond acceptors (Lipinski definition) is 4. The van der Waals surface area contributed by atoms with Gasteiger partial charge in [0.15, 0.2) is 15.8 Å². The summed E-state index contributed by atoms with van der Waals surface area (Å²) in [5, 5.41) is 0. The smallest absolute Gasteiger partial charge is 0.188 e. The first-order valence-electron chi connectivity index (χ1n) is 11.3. The largest absolute Gasteiger partial charge is 0.478 e. The van der Waals surface area contributed by atoms with Gasteiger partial charge in [-0.2, -0.15) is 0 Å². The van der Waals surface area contributed by atoms with Crippen molar-refractivity contribution >= 4 is 21.2 Å². The van der Waals surface area contributed by atoms with Crippen molar-refractivity contribution in [3.05, 3.63) is 50.7 Å². The first-order valence-corrected chi connectivity index (χ1v) is 14.2. The topological polar surface area (TPSA) is 43.4 Å². The lowest BCUT2D eigenvalue weighted by Crippen LogP contribution is -2.25. The van der Waals surface area contributed by atoms with Gasteiger partial charge in [-0.1, -0.05) is 46.8 Å². The number of benzene rings is 1. The highest BCUT2D eigenvalue weighted by atomic mass is 32.2. The Morgan fingerprint density at radius 2 is 1.65 bits per heavy atom. The zero-order valence-corrected chi connectivity index (χ0v) is 22.2. The highest BCUT2D eigenvalue weighted by Crippen LogP contribution is 2.44. The Kier molecular flexibility index (Phi) is 8.43. The van der Waals surface area contributed by atoms with Crippen LogP contribution in [0.25, 0.3) is 0 Å². The van der Waals surface area contributed by atoms with Gasteiger partial charge in [0.2, 0.25) is 0 Å². The minimum atomic E-state index is -3.17. The fraction of sp³-hybridized carbons (Fsp3) is 0.615. The second-order valence-electron chi connectivity index (χ2n) is 10.1. The molecule has 3 nitrogen and oxygen atoms in total. The first kappa shape index (κ1) is 25.9. The molecule has 0 atom stereocenters. The molecule has 174 valence electrons. The van der Waals surface area contributed by atoms with Crippen LogP contribution < -0.4 is 4.74 Å². The van der Waals surface area contributed by atoms with E-state index in [0.717, 1.165) is 24.8 Å². The van der Waals surface area contributed by atoms with E-state index >= 15 is 0 Å². The van der Waals surface area contributed by atoms with Crippen LogP contribution in [-0.2, 0) is 21.7 Å². The van der Waals surface area contributed by atoms with E-state index in [2.05, 4.69) is 59.7 Å². The molecule has 1 aromatic carbocycles. The zero-order valence-electron chi connectivity index (χ0n) is 20.6. The van der Waals surface area contributed by atoms with Crippen LogP contribution in [0.4, 0.5) is 0 Å². The number of thiophene rings is 1. The van der Waals surface area contributed by atoms with Gasteiger partial charge in [-0.15, -0.1) is 11.3 Å². The molecule has 0 bridgehead atoms. The molecular formula is C26H40O3S2. The van der Waals surface area contributed by atoms with Crippen molar-refractivity contribution in [1.29, 1.82) is 0 Å². The van der Waals surface area contributed by atoms with Gasteiger partial charge < -0.3 is 4.74 Å². The van der Waals surface area contributed by atoms with E-state index < -0.39 is 9.84 Å². The second-order valence-corrected chi connectivity index (χ2v) is 13.3. The van der Waals surface area contributed by atoms with E-state index in [9.17, 15) is 8.42 Å². The third kappa shape index (κ3) is 6.82. The Labute approximate surface area is 194 Å². The molecule has 31 heavy (non-hydrogen) atoms. The average molecular weight is 465 g/mol. The van der Waals surface area contributed by atoms with Gasteiger partial charge in [0.1, 0.15) is 5.75 Å². The molecule has 0 aliphatic heterocycles. The molecule has 1 aromatic heterocycles. The Hall–Kier alpha value is -1.33. The molecule has 1 heterocycles. The Balaban J connectivity index is 2.33. The van der Waals surface area contributed by atoms with Gasteiger partial charge in [0, 0.05) is 21.4 Å². The predicted octanol–water partition coefficient (Wildman–Crippen LogP) is 7.22. The minimum Gasteiger partial charge on any atom is -0.478 e. The number of ether oxygens (including phenoxy) is 1. The molecule has 0 radical (unpaired) electrons. The van der Waals surface area contributed by atoms with Gasteiger partial charge in [0.25, 0.3) is 0 Å². The lowest BCUT2D eigenvalue weighted by Gasteiger charge is -2.32. The van der Waals surface area contributed by atoms with E-state index in [0.29, 0.717) is 11.2 Å². The maximum atomic E-state index is 11.5. The predicted molar refractivity (Wildman–Crippen MR) is 134 cm³/mol. The highest BCUT2D eigenvalue weighted by Gasteiger charge is 2.33. The molecule has 0 saturated heterocycles. The minimum absolute atomic E-state index is 0.0299. The summed E-state index contributed by atoms with van der Waals surface area (Å²) >= 11 is 1.97. The third-order valence-corrected chi connectivity index (χ3v) is 8.23. The maximum absolute atomic E-state index is 11.5. The normalized spacial score (nSPS) is 12.9. The summed E-state index contributed by atoms with van der Waals surface area (Å²) in [6.45, 7) is 15.7. The summed E-state index contributed by atoms with van der Waals surface area (Å²) in [6, 6.07) is 8.62. The molecule has 0 aliphatic carbocycles. The number of hydrogen-bond donors (Lipinski definition) is 0. The number of rotatable bonds is 10. The van der Waals surface area contributed by atoms with E-state index in [1.165, 1.54) is 40.0 Å². The summed E-state index contributed by atoms with van der Waals surface area (Å²) in [6.07, 6.45) is 6.84. The Morgan fingerprint density at radius 3 is 2.16 bits per heavy atom. The first-order chi connectivity index (χ1) is 14.3. The van der Waals surface area contributed by atoms with Gasteiger partial charge >= 0.3 is 0 Å². The molecule has 5 heteroatoms. The summed E-state index contributed by atoms with van der Waals surface area (Å²) in [5.41, 5.74) is 4.02. The number of sulfone groups is 1. The lowest BCUT2D eigenvalue weighted by molar-refractivity contribution is 0.366. The van der Waals surface area contributed by atoms with Crippen LogP contribution in [-0.4, -0.2) is 20.6 Å². The van der Waals surface area contributed by atoms with Crippen molar-refractivity contribution in [3.63, 3.8) is 0 Å². The van der Waals surface area contributed by atoms with Crippen LogP contribution in [0.2, 0.25) is 0 Å². The SMILES string of the molecule is CCC(CC)(c1ccc(OCS(C)(=O)=O)c(C)c1)c1cc(C)c(CCCC(C)(C)C)s1. The van der Waals surface area contributed by atoms with E-state index in [1.807, 2.05) is 24.3 Å². The van der Waals surface area contributed by atoms with Crippen LogP contribution in [0, 0.1) is 19.3 Å². The van der Waals surface area contributed by atoms with Crippen LogP contribution in [0.15, 0.2) is 24.3 Å². The summed E-state index contributed by atoms with van der Waals surface area (Å²) < 4.78 is 28.5. The second kappa shape index (κ2) is 10.1. The Morgan fingerprint density at radius 1 is 1.00 bits per heavy atom. The quantitative estimate of drug-likeness (QED) is 0.373. The average Bonchev–Trinajstić information content (AvgIpc) is 3.02. The fourth-order valence-corrected chi connectivity index (χ4v) is 6.12. The fourth-order valence-electron chi connectivity index (χ4n) is 4.21. The monoisotopic (exact) mass is 464 g/mol. The molecule has 0 N–H and O–H groups in total. The van der Waals surface area contributed by atoms with Crippen molar-refractivity contribution in [2.45, 2.75) is 86.0 Å². The van der Waals surface area contributed by atoms with Crippen molar-refractivity contribution in [2.75, 3.05) is 12.2 Å². The van der Waals surface area contributed by atoms with Crippen LogP contribution >= 0.6 is 11.3 Å². The molecule has 0 aliphatic rings. The molecule has 2 rings (SSSR count). The van der Waals surface area contributed by atoms with Crippen molar-refractivity contribution < 1.29 is 13.2 Å². The molecule has 0 fully saturated rings. The van der Waals surface area contributed by atoms with Crippen LogP contribution in [0.3, 0.4) is 0 Å². The zero-order chi connectivity index (χ0) is 23.4. The van der Waals surface area contributed by atoms with Gasteiger partial charge in [-0.3, -0.25) is 0 Å². The molecule has 0 amide bonds. The third-order valence-electron chi connectivity index (χ3n) is 6.19. The molecule has 0 saturated carbocycles. The molecule has 0 spiro atoms. The standard InChI is InChI=1S/C26H40O3S2/c1-9-26(10-2,21-13-14-22(19(3)16-21)29-18-31(8,27)28)24-17-20(4)23(30-24)12-11-15-25(5,6)7/h13-14,16-17H,9-12,15,18H2,1-8H3. The van der Waals surface area contributed by atoms with Crippen molar-refractivity contribution in [3.8, 4) is 5.75 Å². The lowest BCUT2D eigenvalue weighted by atomic mass is 9.74. The molecule has 0 unspecified atom stereocenters. The van der Waals surface area contributed by atoms with Crippen molar-refractivity contribution in [1.82, 2.24) is 0 Å². The van der Waals surface area contributed by atoms with E-state index in [4.69, 9.17) is 4.74 Å². The van der Waals surface area contributed by atoms with Gasteiger partial charge in [-0.25, -0.2) is 8.42 Å². The van der Waals surface area contributed by atoms with Crippen LogP contribution in [0.1, 0.15) is 86.7 Å². The summed E-state index contributed by atoms with van der Waals surface area (Å²) in [4.78, 5) is 2.94. The summed E-state index contributed by atoms with van der Waals surface area (Å²) in [5.74, 6) is 0.350. The highest BCUT2D eigenvalue weighted by molar-refractivity contribution is 7.90.